The molecule has 0 saturated carbocycles. The van der Waals surface area contributed by atoms with Gasteiger partial charge in [0, 0.05) is 10.7 Å². The first kappa shape index (κ1) is 12.3. The van der Waals surface area contributed by atoms with E-state index >= 15 is 0 Å². The van der Waals surface area contributed by atoms with E-state index in [1.165, 1.54) is 18.3 Å². The van der Waals surface area contributed by atoms with Crippen LogP contribution in [0, 0.1) is 17.1 Å². The lowest BCUT2D eigenvalue weighted by molar-refractivity contribution is 0.429. The van der Waals surface area contributed by atoms with Crippen molar-refractivity contribution in [3.63, 3.8) is 0 Å². The van der Waals surface area contributed by atoms with Crippen LogP contribution in [-0.4, -0.2) is 4.98 Å². The van der Waals surface area contributed by atoms with Crippen LogP contribution in [0.2, 0.25) is 0 Å². The summed E-state index contributed by atoms with van der Waals surface area (Å²) in [5.74, 6) is -0.560. The highest BCUT2D eigenvalue weighted by Gasteiger charge is 2.09. The lowest BCUT2D eigenvalue weighted by atomic mass is 10.2. The summed E-state index contributed by atoms with van der Waals surface area (Å²) in [7, 11) is 0. The van der Waals surface area contributed by atoms with Gasteiger partial charge in [0.2, 0.25) is 5.88 Å². The van der Waals surface area contributed by atoms with E-state index in [0.717, 1.165) is 6.07 Å². The number of hydrogen-bond donors (Lipinski definition) is 1. The van der Waals surface area contributed by atoms with Crippen molar-refractivity contribution < 1.29 is 9.13 Å². The number of nitrogen functional groups attached to an aromatic ring is 1. The van der Waals surface area contributed by atoms with Crippen LogP contribution in [0.25, 0.3) is 0 Å². The van der Waals surface area contributed by atoms with Gasteiger partial charge in [-0.3, -0.25) is 0 Å². The van der Waals surface area contributed by atoms with Crippen molar-refractivity contribution in [1.82, 2.24) is 4.98 Å². The first-order valence-corrected chi connectivity index (χ1v) is 5.68. The van der Waals surface area contributed by atoms with Crippen LogP contribution in [0.15, 0.2) is 34.9 Å². The number of benzene rings is 1. The first-order valence-electron chi connectivity index (χ1n) is 4.88. The van der Waals surface area contributed by atoms with Crippen molar-refractivity contribution in [2.75, 3.05) is 5.73 Å². The average Bonchev–Trinajstić information content (AvgIpc) is 2.34. The SMILES string of the molecule is N#Cc1ccc(Oc2ncc(Br)cc2N)c(F)c1. The van der Waals surface area contributed by atoms with Crippen molar-refractivity contribution in [3.8, 4) is 17.7 Å². The molecule has 1 heterocycles. The number of halogens is 2. The number of pyridine rings is 1. The Balaban J connectivity index is 2.32. The number of rotatable bonds is 2. The predicted octanol–water partition coefficient (Wildman–Crippen LogP) is 3.23. The quantitative estimate of drug-likeness (QED) is 0.924. The summed E-state index contributed by atoms with van der Waals surface area (Å²) < 4.78 is 19.5. The van der Waals surface area contributed by atoms with E-state index in [1.807, 2.05) is 6.07 Å². The van der Waals surface area contributed by atoms with E-state index in [9.17, 15) is 4.39 Å². The zero-order valence-electron chi connectivity index (χ0n) is 9.02. The smallest absolute Gasteiger partial charge is 0.242 e. The highest BCUT2D eigenvalue weighted by molar-refractivity contribution is 9.10. The Kier molecular flexibility index (Phi) is 3.44. The molecule has 0 aliphatic heterocycles. The molecule has 18 heavy (non-hydrogen) atoms. The molecule has 0 aliphatic carbocycles. The van der Waals surface area contributed by atoms with Crippen molar-refractivity contribution in [2.24, 2.45) is 0 Å². The highest BCUT2D eigenvalue weighted by Crippen LogP contribution is 2.29. The molecule has 2 rings (SSSR count). The third-order valence-corrected chi connectivity index (χ3v) is 2.55. The van der Waals surface area contributed by atoms with Crippen molar-refractivity contribution >= 4 is 21.6 Å². The molecule has 0 atom stereocenters. The van der Waals surface area contributed by atoms with E-state index in [4.69, 9.17) is 15.7 Å². The van der Waals surface area contributed by atoms with Crippen LogP contribution < -0.4 is 10.5 Å². The van der Waals surface area contributed by atoms with Gasteiger partial charge in [-0.1, -0.05) is 0 Å². The molecule has 0 aliphatic rings. The molecule has 0 unspecified atom stereocenters. The summed E-state index contributed by atoms with van der Waals surface area (Å²) in [6.07, 6.45) is 1.49. The molecule has 4 nitrogen and oxygen atoms in total. The van der Waals surface area contributed by atoms with E-state index in [1.54, 1.807) is 6.07 Å². The second-order valence-corrected chi connectivity index (χ2v) is 4.32. The maximum Gasteiger partial charge on any atom is 0.242 e. The Bertz CT molecular complexity index is 640. The topological polar surface area (TPSA) is 71.9 Å². The summed E-state index contributed by atoms with van der Waals surface area (Å²) >= 11 is 3.21. The third-order valence-electron chi connectivity index (χ3n) is 2.11. The average molecular weight is 308 g/mol. The number of nitrogens with zero attached hydrogens (tertiary/aromatic N) is 2. The number of ether oxygens (including phenoxy) is 1. The monoisotopic (exact) mass is 307 g/mol. The maximum absolute atomic E-state index is 13.6. The zero-order chi connectivity index (χ0) is 13.1. The second-order valence-electron chi connectivity index (χ2n) is 3.41. The van der Waals surface area contributed by atoms with Gasteiger partial charge in [-0.05, 0) is 40.2 Å². The summed E-state index contributed by atoms with van der Waals surface area (Å²) in [6.45, 7) is 0. The lowest BCUT2D eigenvalue weighted by Crippen LogP contribution is -1.96. The Hall–Kier alpha value is -2.13. The lowest BCUT2D eigenvalue weighted by Gasteiger charge is -2.08. The van der Waals surface area contributed by atoms with Gasteiger partial charge in [0.05, 0.1) is 17.3 Å². The molecule has 6 heteroatoms. The molecule has 1 aromatic carbocycles. The fourth-order valence-corrected chi connectivity index (χ4v) is 1.63. The van der Waals surface area contributed by atoms with Gasteiger partial charge in [0.15, 0.2) is 11.6 Å². The fourth-order valence-electron chi connectivity index (χ4n) is 1.28. The molecule has 0 saturated heterocycles. The Labute approximate surface area is 111 Å². The van der Waals surface area contributed by atoms with Crippen molar-refractivity contribution in [1.29, 1.82) is 5.26 Å². The van der Waals surface area contributed by atoms with E-state index in [2.05, 4.69) is 20.9 Å². The summed E-state index contributed by atoms with van der Waals surface area (Å²) in [5, 5.41) is 8.62. The molecule has 2 N–H and O–H groups in total. The van der Waals surface area contributed by atoms with Crippen LogP contribution in [0.5, 0.6) is 11.6 Å². The predicted molar refractivity (Wildman–Crippen MR) is 67.5 cm³/mol. The minimum atomic E-state index is -0.641. The first-order chi connectivity index (χ1) is 8.60. The Morgan fingerprint density at radius 2 is 2.17 bits per heavy atom. The summed E-state index contributed by atoms with van der Waals surface area (Å²) in [6, 6.07) is 7.33. The molecular weight excluding hydrogens is 301 g/mol. The van der Waals surface area contributed by atoms with Gasteiger partial charge in [-0.25, -0.2) is 9.37 Å². The minimum absolute atomic E-state index is 0.0319. The van der Waals surface area contributed by atoms with Gasteiger partial charge in [-0.15, -0.1) is 0 Å². The third kappa shape index (κ3) is 2.57. The number of nitrogens with two attached hydrogens (primary N) is 1. The van der Waals surface area contributed by atoms with E-state index in [-0.39, 0.29) is 22.9 Å². The molecule has 0 amide bonds. The van der Waals surface area contributed by atoms with Gasteiger partial charge < -0.3 is 10.5 Å². The van der Waals surface area contributed by atoms with E-state index in [0.29, 0.717) is 4.47 Å². The molecule has 90 valence electrons. The molecule has 0 fully saturated rings. The van der Waals surface area contributed by atoms with Gasteiger partial charge >= 0.3 is 0 Å². The molecular formula is C12H7BrFN3O. The van der Waals surface area contributed by atoms with Gasteiger partial charge in [0.25, 0.3) is 0 Å². The van der Waals surface area contributed by atoms with Crippen molar-refractivity contribution in [3.05, 3.63) is 46.3 Å². The van der Waals surface area contributed by atoms with Crippen LogP contribution in [0.1, 0.15) is 5.56 Å². The number of hydrogen-bond acceptors (Lipinski definition) is 4. The van der Waals surface area contributed by atoms with E-state index < -0.39 is 5.82 Å². The molecule has 0 spiro atoms. The van der Waals surface area contributed by atoms with Crippen LogP contribution in [0.4, 0.5) is 10.1 Å². The highest BCUT2D eigenvalue weighted by atomic mass is 79.9. The normalized spacial score (nSPS) is 9.83. The second kappa shape index (κ2) is 5.02. The standard InChI is InChI=1S/C12H7BrFN3O/c13-8-4-10(16)12(17-6-8)18-11-2-1-7(5-15)3-9(11)14/h1-4,6H,16H2. The molecule has 0 radical (unpaired) electrons. The number of nitriles is 1. The van der Waals surface area contributed by atoms with Crippen molar-refractivity contribution in [2.45, 2.75) is 0 Å². The van der Waals surface area contributed by atoms with Crippen LogP contribution >= 0.6 is 15.9 Å². The molecule has 2 aromatic rings. The van der Waals surface area contributed by atoms with Crippen LogP contribution in [-0.2, 0) is 0 Å². The maximum atomic E-state index is 13.6. The molecule has 1 aromatic heterocycles. The largest absolute Gasteiger partial charge is 0.434 e. The fraction of sp³-hybridized carbons (Fsp3) is 0. The summed E-state index contributed by atoms with van der Waals surface area (Å²) in [4.78, 5) is 3.93. The van der Waals surface area contributed by atoms with Gasteiger partial charge in [-0.2, -0.15) is 5.26 Å². The Morgan fingerprint density at radius 3 is 2.78 bits per heavy atom. The Morgan fingerprint density at radius 1 is 1.39 bits per heavy atom. The minimum Gasteiger partial charge on any atom is -0.434 e. The number of aromatic nitrogens is 1. The molecule has 0 bridgehead atoms. The zero-order valence-corrected chi connectivity index (χ0v) is 10.6. The summed E-state index contributed by atoms with van der Waals surface area (Å²) in [5.41, 5.74) is 6.19. The van der Waals surface area contributed by atoms with Gasteiger partial charge in [0.1, 0.15) is 0 Å². The van der Waals surface area contributed by atoms with Crippen LogP contribution in [0.3, 0.4) is 0 Å². The number of anilines is 1.